The zero-order valence-electron chi connectivity index (χ0n) is 8.83. The predicted octanol–water partition coefficient (Wildman–Crippen LogP) is 2.48. The molecule has 1 aromatic heterocycles. The molecule has 1 atom stereocenters. The quantitative estimate of drug-likeness (QED) is 0.895. The maximum atomic E-state index is 11.9. The number of nitrogens with zero attached hydrogens (tertiary/aromatic N) is 1. The minimum Gasteiger partial charge on any atom is -0.388 e. The van der Waals surface area contributed by atoms with E-state index in [0.29, 0.717) is 5.92 Å². The van der Waals surface area contributed by atoms with E-state index in [2.05, 4.69) is 15.0 Å². The monoisotopic (exact) mass is 268 g/mol. The average molecular weight is 269 g/mol. The Balaban J connectivity index is 0.00000144. The Morgan fingerprint density at radius 3 is 2.59 bits per heavy atom. The van der Waals surface area contributed by atoms with Crippen LogP contribution in [0.15, 0.2) is 18.3 Å². The number of nitrogens with one attached hydrogen (secondary N) is 1. The summed E-state index contributed by atoms with van der Waals surface area (Å²) in [6.07, 6.45) is -2.25. The van der Waals surface area contributed by atoms with Crippen LogP contribution in [0.1, 0.15) is 17.9 Å². The van der Waals surface area contributed by atoms with Gasteiger partial charge in [0.15, 0.2) is 0 Å². The van der Waals surface area contributed by atoms with Crippen molar-refractivity contribution in [1.29, 1.82) is 0 Å². The first-order valence-electron chi connectivity index (χ1n) is 4.97. The van der Waals surface area contributed by atoms with Gasteiger partial charge in [-0.25, -0.2) is 4.98 Å². The minimum absolute atomic E-state index is 0. The lowest BCUT2D eigenvalue weighted by atomic mass is 10.0. The second-order valence-electron chi connectivity index (χ2n) is 3.67. The number of halogens is 4. The van der Waals surface area contributed by atoms with Crippen LogP contribution >= 0.6 is 12.4 Å². The van der Waals surface area contributed by atoms with Crippen LogP contribution in [-0.2, 0) is 0 Å². The number of hydrogen-bond acceptors (Lipinski definition) is 3. The lowest BCUT2D eigenvalue weighted by Crippen LogP contribution is -2.18. The van der Waals surface area contributed by atoms with Crippen molar-refractivity contribution in [1.82, 2.24) is 10.3 Å². The molecule has 1 aliphatic rings. The molecule has 0 aromatic carbocycles. The molecule has 1 fully saturated rings. The molecule has 2 rings (SSSR count). The summed E-state index contributed by atoms with van der Waals surface area (Å²) < 4.78 is 39.3. The molecule has 2 heterocycles. The smallest absolute Gasteiger partial charge is 0.388 e. The van der Waals surface area contributed by atoms with E-state index in [0.717, 1.165) is 25.1 Å². The summed E-state index contributed by atoms with van der Waals surface area (Å²) in [6.45, 7) is 1.78. The third-order valence-corrected chi connectivity index (χ3v) is 2.51. The highest BCUT2D eigenvalue weighted by molar-refractivity contribution is 5.85. The van der Waals surface area contributed by atoms with E-state index >= 15 is 0 Å². The first-order chi connectivity index (χ1) is 7.54. The van der Waals surface area contributed by atoms with Gasteiger partial charge in [-0.3, -0.25) is 0 Å². The molecule has 0 aliphatic carbocycles. The molecular formula is C10H12ClF3N2O. The van der Waals surface area contributed by atoms with Crippen LogP contribution < -0.4 is 10.1 Å². The molecular weight excluding hydrogens is 257 g/mol. The van der Waals surface area contributed by atoms with E-state index in [4.69, 9.17) is 0 Å². The minimum atomic E-state index is -4.68. The lowest BCUT2D eigenvalue weighted by molar-refractivity contribution is -0.276. The van der Waals surface area contributed by atoms with Gasteiger partial charge in [-0.05, 0) is 24.4 Å². The molecule has 1 aliphatic heterocycles. The van der Waals surface area contributed by atoms with Crippen molar-refractivity contribution in [3.63, 3.8) is 0 Å². The Morgan fingerprint density at radius 2 is 2.12 bits per heavy atom. The highest BCUT2D eigenvalue weighted by atomic mass is 35.5. The first-order valence-corrected chi connectivity index (χ1v) is 4.97. The molecule has 0 bridgehead atoms. The van der Waals surface area contributed by atoms with Crippen LogP contribution in [0.25, 0.3) is 0 Å². The normalized spacial score (nSPS) is 19.8. The Hall–Kier alpha value is -1.01. The van der Waals surface area contributed by atoms with E-state index < -0.39 is 12.2 Å². The third kappa shape index (κ3) is 4.05. The second kappa shape index (κ2) is 5.55. The SMILES string of the molecule is Cl.FC(F)(F)Oc1ccc(C2CCNC2)cn1. The number of hydrogen-bond donors (Lipinski definition) is 1. The van der Waals surface area contributed by atoms with Gasteiger partial charge in [-0.15, -0.1) is 25.6 Å². The van der Waals surface area contributed by atoms with Crippen molar-refractivity contribution in [2.45, 2.75) is 18.7 Å². The van der Waals surface area contributed by atoms with Gasteiger partial charge in [0.2, 0.25) is 5.88 Å². The van der Waals surface area contributed by atoms with Gasteiger partial charge < -0.3 is 10.1 Å². The standard InChI is InChI=1S/C10H11F3N2O.ClH/c11-10(12,13)16-9-2-1-7(6-15-9)8-3-4-14-5-8;/h1-2,6,8,14H,3-5H2;1H. The highest BCUT2D eigenvalue weighted by Gasteiger charge is 2.31. The van der Waals surface area contributed by atoms with Gasteiger partial charge in [0.1, 0.15) is 0 Å². The van der Waals surface area contributed by atoms with Crippen molar-refractivity contribution in [2.24, 2.45) is 0 Å². The number of aromatic nitrogens is 1. The Labute approximate surface area is 103 Å². The first kappa shape index (κ1) is 14.1. The summed E-state index contributed by atoms with van der Waals surface area (Å²) in [5.41, 5.74) is 0.944. The maximum absolute atomic E-state index is 11.9. The van der Waals surface area contributed by atoms with Gasteiger partial charge in [0.05, 0.1) is 0 Å². The third-order valence-electron chi connectivity index (χ3n) is 2.51. The largest absolute Gasteiger partial charge is 0.574 e. The van der Waals surface area contributed by atoms with Gasteiger partial charge in [-0.1, -0.05) is 6.07 Å². The van der Waals surface area contributed by atoms with Crippen molar-refractivity contribution < 1.29 is 17.9 Å². The maximum Gasteiger partial charge on any atom is 0.574 e. The average Bonchev–Trinajstić information content (AvgIpc) is 2.69. The topological polar surface area (TPSA) is 34.1 Å². The molecule has 17 heavy (non-hydrogen) atoms. The van der Waals surface area contributed by atoms with Gasteiger partial charge in [0, 0.05) is 18.8 Å². The Bertz CT molecular complexity index is 350. The van der Waals surface area contributed by atoms with E-state index in [-0.39, 0.29) is 12.4 Å². The second-order valence-corrected chi connectivity index (χ2v) is 3.67. The summed E-state index contributed by atoms with van der Waals surface area (Å²) >= 11 is 0. The van der Waals surface area contributed by atoms with E-state index in [1.165, 1.54) is 12.3 Å². The van der Waals surface area contributed by atoms with Crippen molar-refractivity contribution in [3.05, 3.63) is 23.9 Å². The van der Waals surface area contributed by atoms with Crippen LogP contribution in [0.2, 0.25) is 0 Å². The zero-order chi connectivity index (χ0) is 11.6. The van der Waals surface area contributed by atoms with E-state index in [9.17, 15) is 13.2 Å². The molecule has 1 unspecified atom stereocenters. The van der Waals surface area contributed by atoms with E-state index in [1.807, 2.05) is 0 Å². The molecule has 0 radical (unpaired) electrons. The van der Waals surface area contributed by atoms with Crippen LogP contribution in [0.5, 0.6) is 5.88 Å². The lowest BCUT2D eigenvalue weighted by Gasteiger charge is -2.10. The predicted molar refractivity (Wildman–Crippen MR) is 58.4 cm³/mol. The fraction of sp³-hybridized carbons (Fsp3) is 0.500. The van der Waals surface area contributed by atoms with Crippen LogP contribution in [-0.4, -0.2) is 24.4 Å². The summed E-state index contributed by atoms with van der Waals surface area (Å²) in [6, 6.07) is 2.88. The summed E-state index contributed by atoms with van der Waals surface area (Å²) in [5.74, 6) is -0.0744. The molecule has 3 nitrogen and oxygen atoms in total. The highest BCUT2D eigenvalue weighted by Crippen LogP contribution is 2.25. The van der Waals surface area contributed by atoms with E-state index in [1.54, 1.807) is 6.07 Å². The molecule has 0 spiro atoms. The molecule has 0 amide bonds. The van der Waals surface area contributed by atoms with Crippen LogP contribution in [0.4, 0.5) is 13.2 Å². The Kier molecular flexibility index (Phi) is 4.59. The van der Waals surface area contributed by atoms with Crippen LogP contribution in [0, 0.1) is 0 Å². The number of ether oxygens (including phenoxy) is 1. The van der Waals surface area contributed by atoms with Gasteiger partial charge in [-0.2, -0.15) is 0 Å². The molecule has 1 N–H and O–H groups in total. The van der Waals surface area contributed by atoms with Crippen molar-refractivity contribution >= 4 is 12.4 Å². The molecule has 1 saturated heterocycles. The molecule has 1 aromatic rings. The summed E-state index contributed by atoms with van der Waals surface area (Å²) in [7, 11) is 0. The van der Waals surface area contributed by atoms with Gasteiger partial charge in [0.25, 0.3) is 0 Å². The fourth-order valence-corrected chi connectivity index (χ4v) is 1.75. The van der Waals surface area contributed by atoms with Gasteiger partial charge >= 0.3 is 6.36 Å². The summed E-state index contributed by atoms with van der Waals surface area (Å²) in [5, 5.41) is 3.18. The fourth-order valence-electron chi connectivity index (χ4n) is 1.75. The summed E-state index contributed by atoms with van der Waals surface area (Å²) in [4.78, 5) is 3.64. The van der Waals surface area contributed by atoms with Crippen molar-refractivity contribution in [3.8, 4) is 5.88 Å². The molecule has 96 valence electrons. The Morgan fingerprint density at radius 1 is 1.35 bits per heavy atom. The zero-order valence-corrected chi connectivity index (χ0v) is 9.64. The van der Waals surface area contributed by atoms with Crippen LogP contribution in [0.3, 0.4) is 0 Å². The number of alkyl halides is 3. The number of rotatable bonds is 2. The number of pyridine rings is 1. The molecule has 0 saturated carbocycles. The van der Waals surface area contributed by atoms with Crippen molar-refractivity contribution in [2.75, 3.05) is 13.1 Å². The molecule has 7 heteroatoms.